The van der Waals surface area contributed by atoms with E-state index in [1.54, 1.807) is 43.5 Å². The maximum atomic E-state index is 12.3. The lowest BCUT2D eigenvalue weighted by Gasteiger charge is -2.10. The summed E-state index contributed by atoms with van der Waals surface area (Å²) in [5.74, 6) is 1.06. The van der Waals surface area contributed by atoms with Gasteiger partial charge in [0.2, 0.25) is 0 Å². The number of benzene rings is 2. The van der Waals surface area contributed by atoms with Crippen LogP contribution in [0.1, 0.15) is 30.1 Å². The van der Waals surface area contributed by atoms with E-state index in [1.807, 2.05) is 6.07 Å². The quantitative estimate of drug-likeness (QED) is 0.603. The van der Waals surface area contributed by atoms with Gasteiger partial charge >= 0.3 is 0 Å². The number of amides is 1. The predicted molar refractivity (Wildman–Crippen MR) is 92.2 cm³/mol. The van der Waals surface area contributed by atoms with Gasteiger partial charge in [0.25, 0.3) is 5.91 Å². The highest BCUT2D eigenvalue weighted by atomic mass is 16.5. The highest BCUT2D eigenvalue weighted by molar-refractivity contribution is 6.04. The molecule has 2 rings (SSSR count). The van der Waals surface area contributed by atoms with Crippen LogP contribution in [0, 0.1) is 0 Å². The number of methoxy groups -OCH3 is 1. The third-order valence-electron chi connectivity index (χ3n) is 3.35. The van der Waals surface area contributed by atoms with E-state index >= 15 is 0 Å². The Morgan fingerprint density at radius 1 is 1.22 bits per heavy atom. The number of hydrogen-bond acceptors (Lipinski definition) is 4. The molecule has 0 saturated carbocycles. The number of unbranched alkanes of at least 4 members (excludes halogenated alkanes) is 1. The molecule has 0 aliphatic rings. The van der Waals surface area contributed by atoms with Crippen molar-refractivity contribution in [3.8, 4) is 11.5 Å². The SMILES string of the molecule is CCCCOc1cccc(C(=O)Nc2ccc(OC)c(N)c2)c1. The van der Waals surface area contributed by atoms with Crippen LogP contribution in [-0.2, 0) is 0 Å². The minimum Gasteiger partial charge on any atom is -0.495 e. The van der Waals surface area contributed by atoms with Crippen LogP contribution < -0.4 is 20.5 Å². The van der Waals surface area contributed by atoms with Gasteiger partial charge in [-0.15, -0.1) is 0 Å². The van der Waals surface area contributed by atoms with Gasteiger partial charge in [-0.1, -0.05) is 19.4 Å². The summed E-state index contributed by atoms with van der Waals surface area (Å²) in [6.45, 7) is 2.75. The minimum atomic E-state index is -0.212. The number of carbonyl (C=O) groups is 1. The first kappa shape index (κ1) is 16.7. The Hall–Kier alpha value is -2.69. The second-order valence-corrected chi connectivity index (χ2v) is 5.14. The second-order valence-electron chi connectivity index (χ2n) is 5.14. The fraction of sp³-hybridized carbons (Fsp3) is 0.278. The Balaban J connectivity index is 2.05. The van der Waals surface area contributed by atoms with Crippen molar-refractivity contribution in [3.05, 3.63) is 48.0 Å². The molecule has 0 atom stereocenters. The molecule has 0 bridgehead atoms. The van der Waals surface area contributed by atoms with Crippen molar-refractivity contribution in [2.75, 3.05) is 24.8 Å². The van der Waals surface area contributed by atoms with Crippen molar-refractivity contribution in [2.24, 2.45) is 0 Å². The van der Waals surface area contributed by atoms with E-state index in [1.165, 1.54) is 0 Å². The molecule has 0 aromatic heterocycles. The number of nitrogens with two attached hydrogens (primary N) is 1. The molecule has 0 heterocycles. The van der Waals surface area contributed by atoms with Crippen molar-refractivity contribution in [3.63, 3.8) is 0 Å². The standard InChI is InChI=1S/C18H22N2O3/c1-3-4-10-23-15-7-5-6-13(11-15)18(21)20-14-8-9-17(22-2)16(19)12-14/h5-9,11-12H,3-4,10,19H2,1-2H3,(H,20,21). The number of anilines is 2. The van der Waals surface area contributed by atoms with Gasteiger partial charge in [0.05, 0.1) is 19.4 Å². The molecule has 0 unspecified atom stereocenters. The van der Waals surface area contributed by atoms with Gasteiger partial charge in [0, 0.05) is 11.3 Å². The Morgan fingerprint density at radius 2 is 2.04 bits per heavy atom. The van der Waals surface area contributed by atoms with Crippen LogP contribution >= 0.6 is 0 Å². The van der Waals surface area contributed by atoms with E-state index in [2.05, 4.69) is 12.2 Å². The third kappa shape index (κ3) is 4.64. The molecule has 5 heteroatoms. The summed E-state index contributed by atoms with van der Waals surface area (Å²) >= 11 is 0. The molecule has 2 aromatic carbocycles. The largest absolute Gasteiger partial charge is 0.495 e. The van der Waals surface area contributed by atoms with Crippen molar-refractivity contribution >= 4 is 17.3 Å². The summed E-state index contributed by atoms with van der Waals surface area (Å²) in [4.78, 5) is 12.3. The van der Waals surface area contributed by atoms with Crippen LogP contribution in [0.2, 0.25) is 0 Å². The molecule has 0 aliphatic carbocycles. The fourth-order valence-electron chi connectivity index (χ4n) is 2.08. The van der Waals surface area contributed by atoms with Gasteiger partial charge in [-0.2, -0.15) is 0 Å². The van der Waals surface area contributed by atoms with Gasteiger partial charge in [-0.05, 0) is 42.8 Å². The molecule has 23 heavy (non-hydrogen) atoms. The summed E-state index contributed by atoms with van der Waals surface area (Å²) < 4.78 is 10.7. The molecular weight excluding hydrogens is 292 g/mol. The first-order chi connectivity index (χ1) is 11.1. The van der Waals surface area contributed by atoms with E-state index in [9.17, 15) is 4.79 Å². The molecule has 0 spiro atoms. The molecule has 2 aromatic rings. The Kier molecular flexibility index (Phi) is 5.86. The van der Waals surface area contributed by atoms with Crippen LogP contribution in [0.25, 0.3) is 0 Å². The first-order valence-electron chi connectivity index (χ1n) is 7.61. The van der Waals surface area contributed by atoms with Crippen LogP contribution in [-0.4, -0.2) is 19.6 Å². The number of carbonyl (C=O) groups excluding carboxylic acids is 1. The van der Waals surface area contributed by atoms with E-state index < -0.39 is 0 Å². The number of nitrogens with one attached hydrogen (secondary N) is 1. The van der Waals surface area contributed by atoms with Crippen LogP contribution in [0.15, 0.2) is 42.5 Å². The van der Waals surface area contributed by atoms with Gasteiger partial charge in [0.1, 0.15) is 11.5 Å². The zero-order valence-corrected chi connectivity index (χ0v) is 13.5. The molecule has 0 radical (unpaired) electrons. The van der Waals surface area contributed by atoms with Crippen molar-refractivity contribution in [2.45, 2.75) is 19.8 Å². The molecular formula is C18H22N2O3. The molecule has 0 fully saturated rings. The summed E-state index contributed by atoms with van der Waals surface area (Å²) in [6.07, 6.45) is 2.06. The van der Waals surface area contributed by atoms with Gasteiger partial charge in [0.15, 0.2) is 0 Å². The number of ether oxygens (including phenoxy) is 2. The minimum absolute atomic E-state index is 0.212. The van der Waals surface area contributed by atoms with Crippen molar-refractivity contribution in [1.82, 2.24) is 0 Å². The molecule has 0 aliphatic heterocycles. The first-order valence-corrected chi connectivity index (χ1v) is 7.61. The number of nitrogen functional groups attached to an aromatic ring is 1. The average molecular weight is 314 g/mol. The molecule has 1 amide bonds. The lowest BCUT2D eigenvalue weighted by atomic mass is 10.2. The summed E-state index contributed by atoms with van der Waals surface area (Å²) in [6, 6.07) is 12.3. The predicted octanol–water partition coefficient (Wildman–Crippen LogP) is 3.71. The van der Waals surface area contributed by atoms with Crippen LogP contribution in [0.5, 0.6) is 11.5 Å². The summed E-state index contributed by atoms with van der Waals surface area (Å²) in [5.41, 5.74) is 7.47. The van der Waals surface area contributed by atoms with E-state index in [-0.39, 0.29) is 5.91 Å². The molecule has 0 saturated heterocycles. The van der Waals surface area contributed by atoms with Gasteiger partial charge < -0.3 is 20.5 Å². The van der Waals surface area contributed by atoms with Crippen molar-refractivity contribution < 1.29 is 14.3 Å². The smallest absolute Gasteiger partial charge is 0.255 e. The second kappa shape index (κ2) is 8.08. The Labute approximate surface area is 136 Å². The average Bonchev–Trinajstić information content (AvgIpc) is 2.55. The fourth-order valence-corrected chi connectivity index (χ4v) is 2.08. The van der Waals surface area contributed by atoms with Gasteiger partial charge in [-0.3, -0.25) is 4.79 Å². The number of hydrogen-bond donors (Lipinski definition) is 2. The highest BCUT2D eigenvalue weighted by Gasteiger charge is 2.09. The monoisotopic (exact) mass is 314 g/mol. The highest BCUT2D eigenvalue weighted by Crippen LogP contribution is 2.25. The third-order valence-corrected chi connectivity index (χ3v) is 3.35. The zero-order valence-electron chi connectivity index (χ0n) is 13.5. The maximum Gasteiger partial charge on any atom is 0.255 e. The summed E-state index contributed by atoms with van der Waals surface area (Å²) in [5, 5.41) is 2.81. The number of rotatable bonds is 7. The lowest BCUT2D eigenvalue weighted by molar-refractivity contribution is 0.102. The van der Waals surface area contributed by atoms with Crippen LogP contribution in [0.4, 0.5) is 11.4 Å². The van der Waals surface area contributed by atoms with E-state index in [4.69, 9.17) is 15.2 Å². The topological polar surface area (TPSA) is 73.6 Å². The molecule has 122 valence electrons. The zero-order chi connectivity index (χ0) is 16.7. The van der Waals surface area contributed by atoms with Gasteiger partial charge in [-0.25, -0.2) is 0 Å². The lowest BCUT2D eigenvalue weighted by Crippen LogP contribution is -2.12. The molecule has 5 nitrogen and oxygen atoms in total. The Morgan fingerprint density at radius 3 is 2.74 bits per heavy atom. The Bertz CT molecular complexity index is 671. The summed E-state index contributed by atoms with van der Waals surface area (Å²) in [7, 11) is 1.55. The normalized spacial score (nSPS) is 10.2. The van der Waals surface area contributed by atoms with E-state index in [0.717, 1.165) is 12.8 Å². The van der Waals surface area contributed by atoms with Crippen LogP contribution in [0.3, 0.4) is 0 Å². The van der Waals surface area contributed by atoms with Crippen molar-refractivity contribution in [1.29, 1.82) is 0 Å². The maximum absolute atomic E-state index is 12.3. The molecule has 3 N–H and O–H groups in total. The van der Waals surface area contributed by atoms with E-state index in [0.29, 0.717) is 35.0 Å².